The molecule has 0 aliphatic heterocycles. The molecule has 0 saturated carbocycles. The van der Waals surface area contributed by atoms with Crippen LogP contribution in [0.25, 0.3) is 0 Å². The average Bonchev–Trinajstić information content (AvgIpc) is 0.846. The van der Waals surface area contributed by atoms with Crippen LogP contribution in [-0.2, 0) is 38.3 Å². The van der Waals surface area contributed by atoms with E-state index in [1.54, 1.807) is 85.4 Å². The second-order valence-electron chi connectivity index (χ2n) is 30.6. The van der Waals surface area contributed by atoms with E-state index >= 15 is 0 Å². The number of terminal acetylenes is 1. The Morgan fingerprint density at radius 2 is 0.602 bits per heavy atom. The number of carbonyl (C=O) groups excluding carboxylic acids is 5. The van der Waals surface area contributed by atoms with Gasteiger partial charge in [-0.1, -0.05) is 162 Å². The van der Waals surface area contributed by atoms with Crippen molar-refractivity contribution >= 4 is 85.8 Å². The van der Waals surface area contributed by atoms with Gasteiger partial charge < -0.3 is 24.5 Å². The Morgan fingerprint density at radius 1 is 0.305 bits per heavy atom. The fraction of sp³-hybridized carbons (Fsp3) is 0.156. The lowest BCUT2D eigenvalue weighted by Crippen LogP contribution is -2.17. The van der Waals surface area contributed by atoms with Crippen molar-refractivity contribution in [3.05, 3.63) is 448 Å². The molecule has 644 valence electrons. The summed E-state index contributed by atoms with van der Waals surface area (Å²) >= 11 is 0. The first kappa shape index (κ1) is 93.3. The zero-order chi connectivity index (χ0) is 91.1. The normalized spacial score (nSPS) is 10.6. The van der Waals surface area contributed by atoms with E-state index in [4.69, 9.17) is 6.42 Å². The molecule has 15 aromatic rings. The van der Waals surface area contributed by atoms with E-state index in [9.17, 15) is 41.5 Å². The lowest BCUT2D eigenvalue weighted by atomic mass is 10.0. The Bertz CT molecular complexity index is 6310. The topological polar surface area (TPSA) is 166 Å². The molecule has 0 radical (unpaired) electrons. The van der Waals surface area contributed by atoms with Gasteiger partial charge in [-0.3, -0.25) is 48.9 Å². The summed E-state index contributed by atoms with van der Waals surface area (Å²) in [6.45, 7) is 13.5. The number of benzene rings is 10. The van der Waals surface area contributed by atoms with E-state index < -0.39 is 11.7 Å². The minimum Gasteiger partial charge on any atom is -0.343 e. The van der Waals surface area contributed by atoms with Crippen LogP contribution in [0, 0.1) is 45.9 Å². The van der Waals surface area contributed by atoms with Crippen molar-refractivity contribution in [3.8, 4) is 12.3 Å². The molecular formula is C109H100F4N10O5. The van der Waals surface area contributed by atoms with E-state index in [0.717, 1.165) is 120 Å². The third-order valence-corrected chi connectivity index (χ3v) is 21.0. The standard InChI is InChI=1S/C22H19F3N2O.C22H21FN2O.C22H18N2O.C22H22N2O.C21H20N2O/c1-15-5-3-7-17(9-15)21(28)11-16-6-4-8-19(10-16)27(2)20-12-18(13-26-14-20)22(23,24)25;1-3-25(20-8-5-9-24-15-20)21-12-17(11-19(23)14-21)13-22(26)18-7-4-6-16(2)10-18;1-3-17-7-4-9-19(13-17)22(25)15-18-8-5-10-20(14-18)24(2)21-11-6-12-23-16-21;1-3-24(21-11-6-12-23-16-21)20-10-5-8-18(14-20)15-22(25)19-9-4-7-17(2)13-19;1-16-6-3-8-18(12-16)21(24)14-17-7-4-9-19(13-17)23(2)20-10-5-11-22-15-20/h3-10,12-14H,11H2,1-2H3;4-12,14-15H,3,13H2,1-2H3;1,4-14,16H,15H2,2H3;4-14,16H,3,15H2,1-2H3;3-13,15H,14H2,1-2H3. The summed E-state index contributed by atoms with van der Waals surface area (Å²) in [7, 11) is 5.64. The van der Waals surface area contributed by atoms with Gasteiger partial charge in [0.2, 0.25) is 0 Å². The highest BCUT2D eigenvalue weighted by Gasteiger charge is 2.32. The number of alkyl halides is 3. The number of hydrogen-bond acceptors (Lipinski definition) is 15. The number of carbonyl (C=O) groups is 5. The van der Waals surface area contributed by atoms with Crippen molar-refractivity contribution in [1.82, 2.24) is 24.9 Å². The van der Waals surface area contributed by atoms with Crippen molar-refractivity contribution in [2.45, 2.75) is 79.8 Å². The summed E-state index contributed by atoms with van der Waals surface area (Å²) in [5.74, 6) is 2.52. The molecular weight excluding hydrogens is 1610 g/mol. The second kappa shape index (κ2) is 45.8. The number of anilines is 10. The van der Waals surface area contributed by atoms with E-state index in [-0.39, 0.29) is 47.6 Å². The lowest BCUT2D eigenvalue weighted by Gasteiger charge is -2.23. The van der Waals surface area contributed by atoms with Crippen molar-refractivity contribution in [2.24, 2.45) is 0 Å². The van der Waals surface area contributed by atoms with Crippen LogP contribution in [0.3, 0.4) is 0 Å². The highest BCUT2D eigenvalue weighted by Crippen LogP contribution is 2.35. The first-order valence-electron chi connectivity index (χ1n) is 41.8. The third-order valence-electron chi connectivity index (χ3n) is 21.0. The van der Waals surface area contributed by atoms with Crippen LogP contribution < -0.4 is 24.5 Å². The van der Waals surface area contributed by atoms with Gasteiger partial charge in [-0.05, 0) is 227 Å². The number of Topliss-reactive ketones (excluding diaryl/α,β-unsaturated/α-hetero) is 5. The number of nitrogens with zero attached hydrogens (tertiary/aromatic N) is 10. The molecule has 0 saturated heterocycles. The van der Waals surface area contributed by atoms with Gasteiger partial charge in [0.05, 0.1) is 65.0 Å². The average molecular weight is 1710 g/mol. The highest BCUT2D eigenvalue weighted by molar-refractivity contribution is 6.00. The molecule has 128 heavy (non-hydrogen) atoms. The van der Waals surface area contributed by atoms with Gasteiger partial charge in [0.15, 0.2) is 28.9 Å². The minimum absolute atomic E-state index is 0.00996. The lowest BCUT2D eigenvalue weighted by molar-refractivity contribution is -0.137. The van der Waals surface area contributed by atoms with Crippen LogP contribution in [0.15, 0.2) is 353 Å². The predicted molar refractivity (Wildman–Crippen MR) is 507 cm³/mol. The van der Waals surface area contributed by atoms with Crippen LogP contribution in [0.5, 0.6) is 0 Å². The SMILES string of the molecule is C#Cc1cccc(C(=O)Cc2cccc(N(C)c3cccnc3)c2)c1.CCN(c1cccnc1)c1cc(F)cc(CC(=O)c2cccc(C)c2)c1.CCN(c1cccnc1)c1cccc(CC(=O)c2cccc(C)c2)c1.Cc1cccc(C(=O)Cc2cccc(N(C)c3cccnc3)c2)c1.Cc1cccc(C(=O)Cc2cccc(N(C)c3cncc(C(F)(F)F)c3)c2)c1. The van der Waals surface area contributed by atoms with Crippen LogP contribution in [0.2, 0.25) is 0 Å². The highest BCUT2D eigenvalue weighted by atomic mass is 19.4. The van der Waals surface area contributed by atoms with Gasteiger partial charge in [-0.15, -0.1) is 6.42 Å². The van der Waals surface area contributed by atoms with Crippen molar-refractivity contribution < 1.29 is 41.5 Å². The van der Waals surface area contributed by atoms with Crippen LogP contribution in [-0.4, -0.2) is 88.1 Å². The fourth-order valence-electron chi connectivity index (χ4n) is 14.2. The molecule has 15 rings (SSSR count). The zero-order valence-electron chi connectivity index (χ0n) is 73.0. The van der Waals surface area contributed by atoms with E-state index in [1.807, 2.05) is 289 Å². The summed E-state index contributed by atoms with van der Waals surface area (Å²) in [6, 6.07) is 90.3. The molecule has 0 spiro atoms. The second-order valence-corrected chi connectivity index (χ2v) is 30.6. The maximum absolute atomic E-state index is 14.2. The molecule has 5 heterocycles. The zero-order valence-corrected chi connectivity index (χ0v) is 73.0. The molecule has 0 atom stereocenters. The maximum Gasteiger partial charge on any atom is 0.417 e. The molecule has 0 aliphatic rings. The summed E-state index contributed by atoms with van der Waals surface area (Å²) < 4.78 is 53.0. The Hall–Kier alpha value is -15.4. The number of ketones is 5. The Morgan fingerprint density at radius 3 is 0.945 bits per heavy atom. The van der Waals surface area contributed by atoms with Crippen LogP contribution in [0.4, 0.5) is 74.4 Å². The van der Waals surface area contributed by atoms with Crippen molar-refractivity contribution in [2.75, 3.05) is 58.7 Å². The first-order valence-corrected chi connectivity index (χ1v) is 41.8. The Balaban J connectivity index is 0.000000155. The monoisotopic (exact) mass is 1700 g/mol. The minimum atomic E-state index is -4.45. The number of aromatic nitrogens is 5. The maximum atomic E-state index is 14.2. The predicted octanol–water partition coefficient (Wildman–Crippen LogP) is 24.5. The van der Waals surface area contributed by atoms with Gasteiger partial charge in [0, 0.05) is 159 Å². The van der Waals surface area contributed by atoms with Crippen LogP contribution >= 0.6 is 0 Å². The molecule has 0 unspecified atom stereocenters. The largest absolute Gasteiger partial charge is 0.417 e. The van der Waals surface area contributed by atoms with Crippen molar-refractivity contribution in [1.29, 1.82) is 0 Å². The number of aryl methyl sites for hydroxylation is 4. The number of pyridine rings is 5. The van der Waals surface area contributed by atoms with E-state index in [1.165, 1.54) is 18.3 Å². The molecule has 0 fully saturated rings. The molecule has 0 amide bonds. The van der Waals surface area contributed by atoms with Gasteiger partial charge in [0.1, 0.15) is 5.82 Å². The molecule has 15 nitrogen and oxygen atoms in total. The number of hydrogen-bond donors (Lipinski definition) is 0. The molecule has 19 heteroatoms. The first-order chi connectivity index (χ1) is 61.8. The quantitative estimate of drug-likeness (QED) is 0.0271. The summed E-state index contributed by atoms with van der Waals surface area (Å²) in [4.78, 5) is 92.9. The van der Waals surface area contributed by atoms with Gasteiger partial charge in [-0.25, -0.2) is 4.39 Å². The summed E-state index contributed by atoms with van der Waals surface area (Å²) in [5.41, 5.74) is 20.8. The molecule has 0 bridgehead atoms. The number of halogens is 4. The molecule has 10 aromatic carbocycles. The summed E-state index contributed by atoms with van der Waals surface area (Å²) in [6.07, 6.45) is 18.9. The van der Waals surface area contributed by atoms with Gasteiger partial charge in [0.25, 0.3) is 0 Å². The van der Waals surface area contributed by atoms with Gasteiger partial charge >= 0.3 is 6.18 Å². The summed E-state index contributed by atoms with van der Waals surface area (Å²) in [5, 5.41) is 0. The number of rotatable bonds is 27. The van der Waals surface area contributed by atoms with Gasteiger partial charge in [-0.2, -0.15) is 13.2 Å². The fourth-order valence-corrected chi connectivity index (χ4v) is 14.2. The van der Waals surface area contributed by atoms with E-state index in [2.05, 4.69) is 65.8 Å². The third kappa shape index (κ3) is 27.3. The smallest absolute Gasteiger partial charge is 0.343 e. The van der Waals surface area contributed by atoms with E-state index in [0.29, 0.717) is 65.1 Å². The molecule has 0 N–H and O–H groups in total. The molecule has 0 aliphatic carbocycles. The Kier molecular flexibility index (Phi) is 33.4. The van der Waals surface area contributed by atoms with Crippen LogP contribution in [0.1, 0.15) is 127 Å². The Labute approximate surface area is 746 Å². The van der Waals surface area contributed by atoms with Crippen molar-refractivity contribution in [3.63, 3.8) is 0 Å². The molecule has 5 aromatic heterocycles.